The van der Waals surface area contributed by atoms with Crippen LogP contribution in [0.25, 0.3) is 0 Å². The summed E-state index contributed by atoms with van der Waals surface area (Å²) in [5, 5.41) is 14.7. The monoisotopic (exact) mass is 341 g/mol. The molecule has 1 aromatic carbocycles. The standard InChI is InChI=1S/C14H20BrN3O2/c1-2-8-17(10-12-4-3-7-16-12)13-6-5-11(15)9-14(13)18(19)20/h5-6,9,12,16H,2-4,7-8,10H2,1H3. The summed E-state index contributed by atoms with van der Waals surface area (Å²) < 4.78 is 0.739. The number of hydrogen-bond donors (Lipinski definition) is 1. The lowest BCUT2D eigenvalue weighted by atomic mass is 10.1. The third-order valence-corrected chi connectivity index (χ3v) is 4.06. The maximum Gasteiger partial charge on any atom is 0.293 e. The summed E-state index contributed by atoms with van der Waals surface area (Å²) in [6, 6.07) is 5.73. The van der Waals surface area contributed by atoms with Crippen molar-refractivity contribution in [1.82, 2.24) is 5.32 Å². The molecule has 5 nitrogen and oxygen atoms in total. The minimum atomic E-state index is -0.301. The van der Waals surface area contributed by atoms with Crippen molar-refractivity contribution in [3.63, 3.8) is 0 Å². The van der Waals surface area contributed by atoms with E-state index in [4.69, 9.17) is 0 Å². The normalized spacial score (nSPS) is 18.2. The highest BCUT2D eigenvalue weighted by Crippen LogP contribution is 2.31. The SMILES string of the molecule is CCCN(CC1CCCN1)c1ccc(Br)cc1[N+](=O)[O-]. The van der Waals surface area contributed by atoms with E-state index in [-0.39, 0.29) is 10.6 Å². The van der Waals surface area contributed by atoms with Gasteiger partial charge in [-0.15, -0.1) is 0 Å². The first kappa shape index (κ1) is 15.3. The van der Waals surface area contributed by atoms with Gasteiger partial charge in [0.2, 0.25) is 0 Å². The van der Waals surface area contributed by atoms with Gasteiger partial charge in [0, 0.05) is 29.7 Å². The van der Waals surface area contributed by atoms with Gasteiger partial charge in [0.25, 0.3) is 5.69 Å². The zero-order valence-electron chi connectivity index (χ0n) is 11.6. The van der Waals surface area contributed by atoms with Crippen molar-refractivity contribution in [1.29, 1.82) is 0 Å². The predicted molar refractivity (Wildman–Crippen MR) is 84.3 cm³/mol. The Morgan fingerprint density at radius 3 is 2.95 bits per heavy atom. The van der Waals surface area contributed by atoms with Crippen molar-refractivity contribution >= 4 is 27.3 Å². The Hall–Kier alpha value is -1.14. The van der Waals surface area contributed by atoms with Gasteiger partial charge in [-0.3, -0.25) is 10.1 Å². The number of nitro benzene ring substituents is 1. The molecule has 0 aromatic heterocycles. The van der Waals surface area contributed by atoms with E-state index in [1.807, 2.05) is 12.1 Å². The molecule has 0 saturated carbocycles. The van der Waals surface area contributed by atoms with Crippen molar-refractivity contribution in [2.75, 3.05) is 24.5 Å². The molecule has 0 amide bonds. The molecule has 110 valence electrons. The molecule has 1 fully saturated rings. The lowest BCUT2D eigenvalue weighted by Gasteiger charge is -2.27. The highest BCUT2D eigenvalue weighted by molar-refractivity contribution is 9.10. The number of nitro groups is 1. The number of halogens is 1. The molecule has 1 atom stereocenters. The zero-order valence-corrected chi connectivity index (χ0v) is 13.2. The van der Waals surface area contributed by atoms with Crippen molar-refractivity contribution in [2.24, 2.45) is 0 Å². The van der Waals surface area contributed by atoms with Crippen LogP contribution in [-0.4, -0.2) is 30.6 Å². The van der Waals surface area contributed by atoms with Gasteiger partial charge in [0.15, 0.2) is 0 Å². The summed E-state index contributed by atoms with van der Waals surface area (Å²) in [7, 11) is 0. The largest absolute Gasteiger partial charge is 0.364 e. The van der Waals surface area contributed by atoms with Gasteiger partial charge in [0.1, 0.15) is 5.69 Å². The molecule has 0 aliphatic carbocycles. The van der Waals surface area contributed by atoms with Gasteiger partial charge >= 0.3 is 0 Å². The first-order valence-corrected chi connectivity index (χ1v) is 7.83. The van der Waals surface area contributed by atoms with Crippen molar-refractivity contribution in [3.8, 4) is 0 Å². The molecule has 1 heterocycles. The maximum atomic E-state index is 11.3. The van der Waals surface area contributed by atoms with Crippen LogP contribution in [0.5, 0.6) is 0 Å². The van der Waals surface area contributed by atoms with E-state index in [0.29, 0.717) is 11.7 Å². The van der Waals surface area contributed by atoms with Crippen LogP contribution in [0, 0.1) is 10.1 Å². The molecule has 6 heteroatoms. The van der Waals surface area contributed by atoms with E-state index in [1.54, 1.807) is 6.07 Å². The Labute approximate surface area is 127 Å². The number of nitrogens with zero attached hydrogens (tertiary/aromatic N) is 2. The second-order valence-electron chi connectivity index (χ2n) is 5.13. The summed E-state index contributed by atoms with van der Waals surface area (Å²) in [5.41, 5.74) is 0.888. The van der Waals surface area contributed by atoms with Crippen molar-refractivity contribution in [2.45, 2.75) is 32.2 Å². The van der Waals surface area contributed by atoms with Gasteiger partial charge in [0.05, 0.1) is 4.92 Å². The second kappa shape index (κ2) is 7.04. The molecule has 1 aliphatic rings. The van der Waals surface area contributed by atoms with Crippen molar-refractivity contribution in [3.05, 3.63) is 32.8 Å². The summed E-state index contributed by atoms with van der Waals surface area (Å²) >= 11 is 3.31. The predicted octanol–water partition coefficient (Wildman–Crippen LogP) is 3.33. The van der Waals surface area contributed by atoms with E-state index in [2.05, 4.69) is 33.1 Å². The summed E-state index contributed by atoms with van der Waals surface area (Å²) in [5.74, 6) is 0. The van der Waals surface area contributed by atoms with Gasteiger partial charge in [-0.1, -0.05) is 22.9 Å². The third-order valence-electron chi connectivity index (χ3n) is 3.57. The van der Waals surface area contributed by atoms with Gasteiger partial charge in [-0.25, -0.2) is 0 Å². The van der Waals surface area contributed by atoms with E-state index in [1.165, 1.54) is 6.42 Å². The fraction of sp³-hybridized carbons (Fsp3) is 0.571. The summed E-state index contributed by atoms with van der Waals surface area (Å²) in [4.78, 5) is 13.1. The van der Waals surface area contributed by atoms with Gasteiger partial charge in [-0.05, 0) is 37.9 Å². The molecule has 1 unspecified atom stereocenters. The van der Waals surface area contributed by atoms with E-state index < -0.39 is 0 Å². The van der Waals surface area contributed by atoms with Crippen LogP contribution >= 0.6 is 15.9 Å². The zero-order chi connectivity index (χ0) is 14.5. The molecule has 1 saturated heterocycles. The molecule has 2 rings (SSSR count). The summed E-state index contributed by atoms with van der Waals surface area (Å²) in [6.07, 6.45) is 3.30. The van der Waals surface area contributed by atoms with Gasteiger partial charge < -0.3 is 10.2 Å². The number of hydrogen-bond acceptors (Lipinski definition) is 4. The Bertz CT molecular complexity index is 475. The number of benzene rings is 1. The Morgan fingerprint density at radius 2 is 2.35 bits per heavy atom. The van der Waals surface area contributed by atoms with Crippen LogP contribution in [-0.2, 0) is 0 Å². The van der Waals surface area contributed by atoms with Crippen LogP contribution < -0.4 is 10.2 Å². The minimum absolute atomic E-state index is 0.172. The van der Waals surface area contributed by atoms with Crippen LogP contribution in [0.4, 0.5) is 11.4 Å². The highest BCUT2D eigenvalue weighted by atomic mass is 79.9. The van der Waals surface area contributed by atoms with Crippen LogP contribution in [0.2, 0.25) is 0 Å². The van der Waals surface area contributed by atoms with E-state index in [9.17, 15) is 10.1 Å². The molecule has 0 bridgehead atoms. The molecule has 20 heavy (non-hydrogen) atoms. The Morgan fingerprint density at radius 1 is 1.55 bits per heavy atom. The first-order chi connectivity index (χ1) is 9.61. The second-order valence-corrected chi connectivity index (χ2v) is 6.05. The average Bonchev–Trinajstić information content (AvgIpc) is 2.91. The molecule has 1 N–H and O–H groups in total. The number of anilines is 1. The quantitative estimate of drug-likeness (QED) is 0.636. The summed E-state index contributed by atoms with van der Waals surface area (Å²) in [6.45, 7) is 4.81. The average molecular weight is 342 g/mol. The smallest absolute Gasteiger partial charge is 0.293 e. The lowest BCUT2D eigenvalue weighted by Crippen LogP contribution is -2.38. The molecular weight excluding hydrogens is 322 g/mol. The van der Waals surface area contributed by atoms with Crippen LogP contribution in [0.15, 0.2) is 22.7 Å². The highest BCUT2D eigenvalue weighted by Gasteiger charge is 2.23. The third kappa shape index (κ3) is 3.70. The molecular formula is C14H20BrN3O2. The minimum Gasteiger partial charge on any atom is -0.364 e. The molecule has 0 radical (unpaired) electrons. The maximum absolute atomic E-state index is 11.3. The molecule has 1 aromatic rings. The fourth-order valence-corrected chi connectivity index (χ4v) is 3.02. The van der Waals surface area contributed by atoms with E-state index >= 15 is 0 Å². The number of nitrogens with one attached hydrogen (secondary N) is 1. The van der Waals surface area contributed by atoms with Crippen molar-refractivity contribution < 1.29 is 4.92 Å². The Balaban J connectivity index is 2.25. The van der Waals surface area contributed by atoms with Crippen LogP contribution in [0.1, 0.15) is 26.2 Å². The van der Waals surface area contributed by atoms with Gasteiger partial charge in [-0.2, -0.15) is 0 Å². The molecule has 0 spiro atoms. The Kier molecular flexibility index (Phi) is 5.37. The lowest BCUT2D eigenvalue weighted by molar-refractivity contribution is -0.384. The molecule has 1 aliphatic heterocycles. The fourth-order valence-electron chi connectivity index (χ4n) is 2.67. The topological polar surface area (TPSA) is 58.4 Å². The number of rotatable bonds is 6. The van der Waals surface area contributed by atoms with E-state index in [0.717, 1.165) is 36.9 Å². The van der Waals surface area contributed by atoms with Crippen LogP contribution in [0.3, 0.4) is 0 Å². The first-order valence-electron chi connectivity index (χ1n) is 7.04.